The molecule has 0 saturated heterocycles. The summed E-state index contributed by atoms with van der Waals surface area (Å²) in [6, 6.07) is 12.8. The molecule has 7 heteroatoms. The van der Waals surface area contributed by atoms with Crippen LogP contribution < -0.4 is 0 Å². The molecule has 0 amide bonds. The highest BCUT2D eigenvalue weighted by molar-refractivity contribution is 5.82. The zero-order valence-corrected chi connectivity index (χ0v) is 14.0. The Hall–Kier alpha value is -2.93. The van der Waals surface area contributed by atoms with Crippen LogP contribution in [0.25, 0.3) is 16.8 Å². The maximum absolute atomic E-state index is 12.6. The van der Waals surface area contributed by atoms with Crippen molar-refractivity contribution in [3.05, 3.63) is 72.1 Å². The number of aliphatic imine (C=N–C) groups is 1. The monoisotopic (exact) mass is 361 g/mol. The van der Waals surface area contributed by atoms with E-state index in [-0.39, 0.29) is 5.48 Å². The van der Waals surface area contributed by atoms with Crippen molar-refractivity contribution < 1.29 is 18.6 Å². The van der Waals surface area contributed by atoms with Gasteiger partial charge >= 0.3 is 6.18 Å². The van der Waals surface area contributed by atoms with E-state index < -0.39 is 11.7 Å². The molecule has 0 fully saturated rings. The van der Waals surface area contributed by atoms with Crippen molar-refractivity contribution >= 4 is 6.21 Å². The van der Waals surface area contributed by atoms with Crippen molar-refractivity contribution in [2.75, 3.05) is 6.54 Å². The van der Waals surface area contributed by atoms with Crippen LogP contribution in [-0.2, 0) is 6.18 Å². The summed E-state index contributed by atoms with van der Waals surface area (Å²) in [5.41, 5.74) is 2.74. The van der Waals surface area contributed by atoms with Gasteiger partial charge in [-0.05, 0) is 48.4 Å². The number of hydrogen-bond donors (Lipinski definition) is 0. The minimum atomic E-state index is -4.34. The van der Waals surface area contributed by atoms with Crippen LogP contribution in [0, 0.1) is 0 Å². The Kier molecular flexibility index (Phi) is 5.94. The first-order valence-corrected chi connectivity index (χ1v) is 7.80. The molecule has 1 heterocycles. The van der Waals surface area contributed by atoms with Gasteiger partial charge in [0.05, 0.1) is 17.4 Å². The lowest BCUT2D eigenvalue weighted by Crippen LogP contribution is -2.05. The molecule has 0 aliphatic carbocycles. The Morgan fingerprint density at radius 3 is 2.46 bits per heavy atom. The number of rotatable bonds is 4. The Morgan fingerprint density at radius 2 is 1.81 bits per heavy atom. The highest BCUT2D eigenvalue weighted by atomic mass is 19.4. The fraction of sp³-hybridized carbons (Fsp3) is 0.158. The largest absolute Gasteiger partial charge is 0.416 e. The zero-order valence-electron chi connectivity index (χ0n) is 14.0. The third-order valence-corrected chi connectivity index (χ3v) is 3.68. The van der Waals surface area contributed by atoms with Gasteiger partial charge in [-0.3, -0.25) is 4.99 Å². The number of aromatic nitrogens is 2. The number of halogens is 3. The maximum Gasteiger partial charge on any atom is 0.416 e. The van der Waals surface area contributed by atoms with Crippen molar-refractivity contribution in [1.29, 1.82) is 0 Å². The molecule has 0 atom stereocenters. The van der Waals surface area contributed by atoms with Crippen molar-refractivity contribution in [2.45, 2.75) is 13.1 Å². The second-order valence-electron chi connectivity index (χ2n) is 5.47. The Bertz CT molecular complexity index is 884. The lowest BCUT2D eigenvalue weighted by molar-refractivity contribution is -0.137. The van der Waals surface area contributed by atoms with Crippen LogP contribution in [0.4, 0.5) is 13.2 Å². The highest BCUT2D eigenvalue weighted by Gasteiger charge is 2.30. The van der Waals surface area contributed by atoms with Gasteiger partial charge in [0.1, 0.15) is 0 Å². The Balaban J connectivity index is 0.00000243. The first-order valence-electron chi connectivity index (χ1n) is 7.80. The predicted molar refractivity (Wildman–Crippen MR) is 95.8 cm³/mol. The highest BCUT2D eigenvalue weighted by Crippen LogP contribution is 2.29. The quantitative estimate of drug-likeness (QED) is 0.643. The maximum atomic E-state index is 12.6. The molecule has 0 spiro atoms. The SMILES string of the molecule is CC/N=C/c1cccc(-c2cnn(-c3ccc(C(F)(F)F)cc3)c2)c1.O. The summed E-state index contributed by atoms with van der Waals surface area (Å²) in [6.45, 7) is 2.69. The third-order valence-electron chi connectivity index (χ3n) is 3.68. The number of hydrogen-bond acceptors (Lipinski definition) is 2. The van der Waals surface area contributed by atoms with Crippen LogP contribution in [0.5, 0.6) is 0 Å². The summed E-state index contributed by atoms with van der Waals surface area (Å²) in [6.07, 6.45) is 0.949. The molecule has 4 nitrogen and oxygen atoms in total. The molecule has 1 aromatic heterocycles. The van der Waals surface area contributed by atoms with Crippen LogP contribution >= 0.6 is 0 Å². The van der Waals surface area contributed by atoms with E-state index in [1.165, 1.54) is 12.1 Å². The minimum Gasteiger partial charge on any atom is -0.412 e. The summed E-state index contributed by atoms with van der Waals surface area (Å²) in [7, 11) is 0. The first-order chi connectivity index (χ1) is 12.0. The zero-order chi connectivity index (χ0) is 17.9. The molecule has 0 aliphatic heterocycles. The molecule has 3 rings (SSSR count). The summed E-state index contributed by atoms with van der Waals surface area (Å²) in [5, 5.41) is 4.25. The van der Waals surface area contributed by atoms with E-state index in [9.17, 15) is 13.2 Å². The van der Waals surface area contributed by atoms with Crippen LogP contribution in [-0.4, -0.2) is 28.0 Å². The molecule has 0 bridgehead atoms. The standard InChI is InChI=1S/C19H16F3N3.H2O/c1-2-23-11-14-4-3-5-15(10-14)16-12-24-25(13-16)18-8-6-17(7-9-18)19(20,21)22;/h3-13H,2H2,1H3;1H2/b23-11+;. The molecule has 2 N–H and O–H groups in total. The van der Waals surface area contributed by atoms with Crippen molar-refractivity contribution in [3.8, 4) is 16.8 Å². The van der Waals surface area contributed by atoms with Crippen LogP contribution in [0.2, 0.25) is 0 Å². The number of nitrogens with zero attached hydrogens (tertiary/aromatic N) is 3. The summed E-state index contributed by atoms with van der Waals surface area (Å²) >= 11 is 0. The van der Waals surface area contributed by atoms with Gasteiger partial charge in [0, 0.05) is 24.5 Å². The van der Waals surface area contributed by atoms with E-state index in [4.69, 9.17) is 0 Å². The first kappa shape index (κ1) is 19.4. The number of benzene rings is 2. The number of alkyl halides is 3. The van der Waals surface area contributed by atoms with Crippen LogP contribution in [0.3, 0.4) is 0 Å². The molecule has 0 unspecified atom stereocenters. The molecule has 0 radical (unpaired) electrons. The van der Waals surface area contributed by atoms with Gasteiger partial charge in [0.2, 0.25) is 0 Å². The molecular weight excluding hydrogens is 343 g/mol. The molecule has 26 heavy (non-hydrogen) atoms. The van der Waals surface area contributed by atoms with Crippen LogP contribution in [0.1, 0.15) is 18.1 Å². The topological polar surface area (TPSA) is 61.7 Å². The minimum absolute atomic E-state index is 0. The van der Waals surface area contributed by atoms with E-state index >= 15 is 0 Å². The van der Waals surface area contributed by atoms with Gasteiger partial charge in [-0.2, -0.15) is 18.3 Å². The van der Waals surface area contributed by atoms with E-state index in [2.05, 4.69) is 10.1 Å². The van der Waals surface area contributed by atoms with Crippen molar-refractivity contribution in [1.82, 2.24) is 9.78 Å². The summed E-state index contributed by atoms with van der Waals surface area (Å²) in [5.74, 6) is 0. The Labute approximate surface area is 148 Å². The second kappa shape index (κ2) is 7.97. The molecule has 136 valence electrons. The van der Waals surface area contributed by atoms with E-state index in [1.807, 2.05) is 37.4 Å². The van der Waals surface area contributed by atoms with Gasteiger partial charge in [-0.25, -0.2) is 4.68 Å². The third kappa shape index (κ3) is 4.37. The van der Waals surface area contributed by atoms with Gasteiger partial charge in [0.25, 0.3) is 0 Å². The average molecular weight is 361 g/mol. The fourth-order valence-electron chi connectivity index (χ4n) is 2.41. The average Bonchev–Trinajstić information content (AvgIpc) is 3.10. The normalized spacial score (nSPS) is 11.5. The van der Waals surface area contributed by atoms with Gasteiger partial charge in [-0.1, -0.05) is 18.2 Å². The molecular formula is C19H18F3N3O. The lowest BCUT2D eigenvalue weighted by Gasteiger charge is -2.07. The molecule has 0 saturated carbocycles. The Morgan fingerprint density at radius 1 is 1.08 bits per heavy atom. The van der Waals surface area contributed by atoms with Crippen LogP contribution in [0.15, 0.2) is 65.9 Å². The van der Waals surface area contributed by atoms with Gasteiger partial charge < -0.3 is 5.48 Å². The molecule has 2 aromatic carbocycles. The van der Waals surface area contributed by atoms with E-state index in [0.717, 1.165) is 35.4 Å². The summed E-state index contributed by atoms with van der Waals surface area (Å²) < 4.78 is 39.5. The summed E-state index contributed by atoms with van der Waals surface area (Å²) in [4.78, 5) is 4.22. The smallest absolute Gasteiger partial charge is 0.412 e. The van der Waals surface area contributed by atoms with E-state index in [1.54, 1.807) is 17.1 Å². The predicted octanol–water partition coefficient (Wildman–Crippen LogP) is 4.17. The molecule has 0 aliphatic rings. The van der Waals surface area contributed by atoms with Crippen molar-refractivity contribution in [2.24, 2.45) is 4.99 Å². The second-order valence-corrected chi connectivity index (χ2v) is 5.47. The van der Waals surface area contributed by atoms with Gasteiger partial charge in [0.15, 0.2) is 0 Å². The fourth-order valence-corrected chi connectivity index (χ4v) is 2.41. The van der Waals surface area contributed by atoms with Crippen molar-refractivity contribution in [3.63, 3.8) is 0 Å². The molecule has 3 aromatic rings. The van der Waals surface area contributed by atoms with E-state index in [0.29, 0.717) is 5.69 Å². The lowest BCUT2D eigenvalue weighted by atomic mass is 10.1. The van der Waals surface area contributed by atoms with Gasteiger partial charge in [-0.15, -0.1) is 0 Å².